The lowest BCUT2D eigenvalue weighted by Gasteiger charge is -2.32. The van der Waals surface area contributed by atoms with Gasteiger partial charge in [0.2, 0.25) is 0 Å². The Balaban J connectivity index is 1.93. The Morgan fingerprint density at radius 1 is 1.16 bits per heavy atom. The number of methoxy groups -OCH3 is 1. The van der Waals surface area contributed by atoms with Crippen LogP contribution in [0.2, 0.25) is 0 Å². The topological polar surface area (TPSA) is 71.8 Å². The van der Waals surface area contributed by atoms with E-state index in [0.717, 1.165) is 32.1 Å². The van der Waals surface area contributed by atoms with Crippen molar-refractivity contribution >= 4 is 11.8 Å². The van der Waals surface area contributed by atoms with Gasteiger partial charge in [-0.25, -0.2) is 0 Å². The van der Waals surface area contributed by atoms with E-state index in [-0.39, 0.29) is 11.8 Å². The Morgan fingerprint density at radius 3 is 2.39 bits per heavy atom. The van der Waals surface area contributed by atoms with Crippen molar-refractivity contribution in [3.8, 4) is 5.75 Å². The number of hydrogen-bond acceptors (Lipinski definition) is 4. The van der Waals surface area contributed by atoms with Gasteiger partial charge in [0.1, 0.15) is 11.5 Å². The summed E-state index contributed by atoms with van der Waals surface area (Å²) in [7, 11) is 1.47. The first-order valence-electron chi connectivity index (χ1n) is 10.1. The van der Waals surface area contributed by atoms with Crippen molar-refractivity contribution in [1.29, 1.82) is 0 Å². The minimum absolute atomic E-state index is 0.0283. The van der Waals surface area contributed by atoms with E-state index in [1.165, 1.54) is 25.5 Å². The van der Waals surface area contributed by atoms with E-state index in [4.69, 9.17) is 9.15 Å². The zero-order valence-electron chi connectivity index (χ0n) is 17.2. The molecule has 168 valence electrons. The Bertz CT molecular complexity index is 860. The van der Waals surface area contributed by atoms with Crippen molar-refractivity contribution < 1.29 is 31.9 Å². The van der Waals surface area contributed by atoms with Crippen molar-refractivity contribution in [2.45, 2.75) is 56.9 Å². The second-order valence-corrected chi connectivity index (χ2v) is 7.54. The van der Waals surface area contributed by atoms with E-state index in [0.29, 0.717) is 16.2 Å². The van der Waals surface area contributed by atoms with Crippen LogP contribution in [-0.4, -0.2) is 36.0 Å². The van der Waals surface area contributed by atoms with Crippen LogP contribution in [0.3, 0.4) is 0 Å². The van der Waals surface area contributed by atoms with Crippen molar-refractivity contribution in [3.63, 3.8) is 0 Å². The fourth-order valence-corrected chi connectivity index (χ4v) is 3.77. The summed E-state index contributed by atoms with van der Waals surface area (Å²) in [6, 6.07) is 7.44. The summed E-state index contributed by atoms with van der Waals surface area (Å²) in [6.45, 7) is -0.425. The summed E-state index contributed by atoms with van der Waals surface area (Å²) in [4.78, 5) is 26.0. The lowest BCUT2D eigenvalue weighted by molar-refractivity contribution is -0.190. The number of nitrogens with zero attached hydrogens (tertiary/aromatic N) is 1. The van der Waals surface area contributed by atoms with Crippen LogP contribution in [0.5, 0.6) is 5.75 Å². The number of rotatable bonds is 7. The number of carbonyl (C=O) groups excluding carboxylic acids is 2. The predicted molar refractivity (Wildman–Crippen MR) is 106 cm³/mol. The molecule has 9 heteroatoms. The van der Waals surface area contributed by atoms with Gasteiger partial charge in [-0.1, -0.05) is 31.4 Å². The summed E-state index contributed by atoms with van der Waals surface area (Å²) < 4.78 is 50.8. The molecule has 1 fully saturated rings. The third-order valence-corrected chi connectivity index (χ3v) is 5.34. The molecular formula is C22H25F3N2O4. The molecule has 0 unspecified atom stereocenters. The van der Waals surface area contributed by atoms with Crippen LogP contribution in [0, 0.1) is 0 Å². The van der Waals surface area contributed by atoms with Gasteiger partial charge in [-0.15, -0.1) is 0 Å². The molecule has 1 aromatic carbocycles. The first-order valence-corrected chi connectivity index (χ1v) is 10.1. The second-order valence-electron chi connectivity index (χ2n) is 7.54. The van der Waals surface area contributed by atoms with Crippen LogP contribution >= 0.6 is 0 Å². The largest absolute Gasteiger partial charge is 0.497 e. The summed E-state index contributed by atoms with van der Waals surface area (Å²) >= 11 is 0. The van der Waals surface area contributed by atoms with Crippen molar-refractivity contribution in [1.82, 2.24) is 10.2 Å². The molecule has 1 aromatic heterocycles. The maximum absolute atomic E-state index is 13.5. The molecule has 0 spiro atoms. The smallest absolute Gasteiger partial charge is 0.471 e. The molecule has 1 heterocycles. The van der Waals surface area contributed by atoms with Gasteiger partial charge >= 0.3 is 12.1 Å². The number of carbonyl (C=O) groups is 2. The highest BCUT2D eigenvalue weighted by Gasteiger charge is 2.47. The van der Waals surface area contributed by atoms with Gasteiger partial charge in [0.25, 0.3) is 5.91 Å². The van der Waals surface area contributed by atoms with Crippen LogP contribution in [0.25, 0.3) is 0 Å². The van der Waals surface area contributed by atoms with Gasteiger partial charge in [-0.3, -0.25) is 9.59 Å². The molecule has 1 saturated carbocycles. The van der Waals surface area contributed by atoms with E-state index >= 15 is 0 Å². The zero-order chi connectivity index (χ0) is 22.4. The third kappa shape index (κ3) is 5.80. The first kappa shape index (κ1) is 22.7. The van der Waals surface area contributed by atoms with E-state index in [2.05, 4.69) is 5.32 Å². The number of furan rings is 1. The summed E-state index contributed by atoms with van der Waals surface area (Å²) in [5.74, 6) is -2.30. The highest BCUT2D eigenvalue weighted by molar-refractivity contribution is 5.90. The van der Waals surface area contributed by atoms with Crippen molar-refractivity contribution in [2.24, 2.45) is 0 Å². The van der Waals surface area contributed by atoms with Gasteiger partial charge in [-0.05, 0) is 42.7 Å². The monoisotopic (exact) mass is 438 g/mol. The minimum atomic E-state index is -5.15. The van der Waals surface area contributed by atoms with Gasteiger partial charge in [-0.2, -0.15) is 13.2 Å². The Hall–Kier alpha value is -2.97. The number of alkyl halides is 3. The lowest BCUT2D eigenvalue weighted by atomic mass is 9.95. The highest BCUT2D eigenvalue weighted by Crippen LogP contribution is 2.30. The van der Waals surface area contributed by atoms with Gasteiger partial charge in [0, 0.05) is 12.6 Å². The number of ether oxygens (including phenoxy) is 1. The second kappa shape index (κ2) is 9.89. The Labute approximate surface area is 178 Å². The average molecular weight is 438 g/mol. The molecule has 2 aromatic rings. The molecule has 1 N–H and O–H groups in total. The summed E-state index contributed by atoms with van der Waals surface area (Å²) in [6.07, 6.45) is 0.553. The van der Waals surface area contributed by atoms with E-state index in [1.54, 1.807) is 24.3 Å². The molecular weight excluding hydrogens is 413 g/mol. The molecule has 31 heavy (non-hydrogen) atoms. The molecule has 0 aliphatic heterocycles. The number of hydrogen-bond donors (Lipinski definition) is 1. The number of benzene rings is 1. The van der Waals surface area contributed by atoms with Gasteiger partial charge in [0.05, 0.1) is 13.4 Å². The van der Waals surface area contributed by atoms with Crippen molar-refractivity contribution in [2.75, 3.05) is 7.11 Å². The Kier molecular flexibility index (Phi) is 7.25. The van der Waals surface area contributed by atoms with Crippen LogP contribution in [0.1, 0.15) is 49.5 Å². The number of nitrogens with one attached hydrogen (secondary N) is 1. The first-order chi connectivity index (χ1) is 14.8. The minimum Gasteiger partial charge on any atom is -0.497 e. The molecule has 0 saturated heterocycles. The average Bonchev–Trinajstić information content (AvgIpc) is 3.27. The van der Waals surface area contributed by atoms with Gasteiger partial charge < -0.3 is 19.4 Å². The summed E-state index contributed by atoms with van der Waals surface area (Å²) in [5, 5.41) is 2.82. The SMILES string of the molecule is COc1ccc(CN(C(=O)C(F)(F)F)[C@H](C(=O)NC2CCCCC2)c2ccco2)cc1. The van der Waals surface area contributed by atoms with E-state index in [1.807, 2.05) is 0 Å². The molecule has 1 atom stereocenters. The molecule has 0 radical (unpaired) electrons. The van der Waals surface area contributed by atoms with Crippen LogP contribution in [0.4, 0.5) is 13.2 Å². The molecule has 1 aliphatic carbocycles. The third-order valence-electron chi connectivity index (χ3n) is 5.34. The van der Waals surface area contributed by atoms with E-state index < -0.39 is 30.6 Å². The summed E-state index contributed by atoms with van der Waals surface area (Å²) in [5.41, 5.74) is 0.417. The quantitative estimate of drug-likeness (QED) is 0.697. The predicted octanol–water partition coefficient (Wildman–Crippen LogP) is 4.37. The highest BCUT2D eigenvalue weighted by atomic mass is 19.4. The number of halogens is 3. The molecule has 1 aliphatic rings. The standard InChI is InChI=1S/C22H25F3N2O4/c1-30-17-11-9-15(10-12-17)14-27(21(29)22(23,24)25)19(18-8-5-13-31-18)20(28)26-16-6-3-2-4-7-16/h5,8-13,16,19H,2-4,6-7,14H2,1H3,(H,26,28)/t19-/m0/s1. The fourth-order valence-electron chi connectivity index (χ4n) is 3.77. The van der Waals surface area contributed by atoms with Crippen molar-refractivity contribution in [3.05, 3.63) is 54.0 Å². The number of amides is 2. The maximum atomic E-state index is 13.5. The van der Waals surface area contributed by atoms with Gasteiger partial charge in [0.15, 0.2) is 6.04 Å². The van der Waals surface area contributed by atoms with E-state index in [9.17, 15) is 22.8 Å². The van der Waals surface area contributed by atoms with Crippen LogP contribution in [-0.2, 0) is 16.1 Å². The molecule has 2 amide bonds. The molecule has 3 rings (SSSR count). The molecule has 6 nitrogen and oxygen atoms in total. The lowest BCUT2D eigenvalue weighted by Crippen LogP contribution is -2.50. The normalized spacial score (nSPS) is 15.9. The fraction of sp³-hybridized carbons (Fsp3) is 0.455. The van der Waals surface area contributed by atoms with Crippen LogP contribution < -0.4 is 10.1 Å². The molecule has 0 bridgehead atoms. The van der Waals surface area contributed by atoms with Crippen LogP contribution in [0.15, 0.2) is 47.1 Å². The zero-order valence-corrected chi connectivity index (χ0v) is 17.2. The maximum Gasteiger partial charge on any atom is 0.471 e. The Morgan fingerprint density at radius 2 is 1.84 bits per heavy atom.